The van der Waals surface area contributed by atoms with Crippen molar-refractivity contribution in [2.24, 2.45) is 0 Å². The molecule has 0 heterocycles. The van der Waals surface area contributed by atoms with Crippen LogP contribution in [0.2, 0.25) is 0 Å². The van der Waals surface area contributed by atoms with Crippen LogP contribution in [0.4, 0.5) is 0 Å². The van der Waals surface area contributed by atoms with Gasteiger partial charge in [-0.2, -0.15) is 0 Å². The Kier molecular flexibility index (Phi) is 6.51. The lowest BCUT2D eigenvalue weighted by atomic mass is 10.1. The first-order valence-corrected chi connectivity index (χ1v) is 8.51. The molecule has 0 fully saturated rings. The molecule has 0 spiro atoms. The van der Waals surface area contributed by atoms with Gasteiger partial charge in [-0.15, -0.1) is 0 Å². The van der Waals surface area contributed by atoms with Gasteiger partial charge in [-0.25, -0.2) is 4.79 Å². The minimum atomic E-state index is -0.517. The molecule has 0 amide bonds. The Morgan fingerprint density at radius 3 is 1.83 bits per heavy atom. The summed E-state index contributed by atoms with van der Waals surface area (Å²) in [6.45, 7) is 0.162. The Hall–Kier alpha value is -1.73. The zero-order valence-electron chi connectivity index (χ0n) is 13.4. The smallest absolute Gasteiger partial charge is 0.341 e. The summed E-state index contributed by atoms with van der Waals surface area (Å²) in [4.78, 5) is 12.6. The molecule has 24 heavy (non-hydrogen) atoms. The maximum absolute atomic E-state index is 12.6. The van der Waals surface area contributed by atoms with Gasteiger partial charge in [0.1, 0.15) is 6.61 Å². The first-order valence-electron chi connectivity index (χ1n) is 6.93. The van der Waals surface area contributed by atoms with Gasteiger partial charge in [-0.1, -0.05) is 30.3 Å². The van der Waals surface area contributed by atoms with Gasteiger partial charge in [-0.05, 0) is 37.4 Å². The van der Waals surface area contributed by atoms with Crippen LogP contribution in [0.25, 0.3) is 0 Å². The first kappa shape index (κ1) is 18.6. The standard InChI is InChI=1S/C17H16Br2O5/c1-21-14-12(18)11(13(19)15(22-2)16(14)23-3)17(20)24-9-10-7-5-4-6-8-10/h4-8H,9H2,1-3H3. The van der Waals surface area contributed by atoms with Crippen molar-refractivity contribution in [2.45, 2.75) is 6.61 Å². The zero-order chi connectivity index (χ0) is 17.7. The fourth-order valence-corrected chi connectivity index (χ4v) is 3.82. The molecule has 0 aliphatic heterocycles. The second-order valence-corrected chi connectivity index (χ2v) is 6.25. The van der Waals surface area contributed by atoms with Crippen LogP contribution in [0.15, 0.2) is 39.3 Å². The first-order chi connectivity index (χ1) is 11.5. The quantitative estimate of drug-likeness (QED) is 0.591. The third kappa shape index (κ3) is 3.67. The van der Waals surface area contributed by atoms with Crippen LogP contribution < -0.4 is 14.2 Å². The number of hydrogen-bond donors (Lipinski definition) is 0. The summed E-state index contributed by atoms with van der Waals surface area (Å²) < 4.78 is 22.2. The molecule has 0 saturated heterocycles. The highest BCUT2D eigenvalue weighted by Gasteiger charge is 2.28. The molecule has 2 rings (SSSR count). The third-order valence-corrected chi connectivity index (χ3v) is 4.79. The molecule has 0 aromatic heterocycles. The highest BCUT2D eigenvalue weighted by molar-refractivity contribution is 9.11. The van der Waals surface area contributed by atoms with E-state index in [1.807, 2.05) is 30.3 Å². The number of ether oxygens (including phenoxy) is 4. The summed E-state index contributed by atoms with van der Waals surface area (Å²) >= 11 is 6.77. The second kappa shape index (κ2) is 8.39. The van der Waals surface area contributed by atoms with Crippen molar-refractivity contribution in [3.8, 4) is 17.2 Å². The van der Waals surface area contributed by atoms with Crippen molar-refractivity contribution in [1.29, 1.82) is 0 Å². The molecule has 7 heteroatoms. The fourth-order valence-electron chi connectivity index (χ4n) is 2.15. The number of benzene rings is 2. The van der Waals surface area contributed by atoms with Gasteiger partial charge < -0.3 is 18.9 Å². The molecule has 2 aromatic carbocycles. The Morgan fingerprint density at radius 1 is 0.875 bits per heavy atom. The SMILES string of the molecule is COc1c(Br)c(C(=O)OCc2ccccc2)c(Br)c(OC)c1OC. The van der Waals surface area contributed by atoms with E-state index >= 15 is 0 Å². The predicted molar refractivity (Wildman–Crippen MR) is 97.1 cm³/mol. The number of carbonyl (C=O) groups excluding carboxylic acids is 1. The molecule has 0 aliphatic rings. The van der Waals surface area contributed by atoms with Crippen molar-refractivity contribution in [3.05, 3.63) is 50.4 Å². The second-order valence-electron chi connectivity index (χ2n) is 4.66. The minimum Gasteiger partial charge on any atom is -0.492 e. The average molecular weight is 460 g/mol. The van der Waals surface area contributed by atoms with Crippen LogP contribution in [0.1, 0.15) is 15.9 Å². The molecule has 0 atom stereocenters. The zero-order valence-corrected chi connectivity index (χ0v) is 16.6. The highest BCUT2D eigenvalue weighted by Crippen LogP contribution is 2.50. The Bertz CT molecular complexity index is 701. The normalized spacial score (nSPS) is 10.2. The number of halogens is 2. The van der Waals surface area contributed by atoms with Gasteiger partial charge in [0.05, 0.1) is 35.8 Å². The molecule has 0 bridgehead atoms. The van der Waals surface area contributed by atoms with Gasteiger partial charge in [-0.3, -0.25) is 0 Å². The van der Waals surface area contributed by atoms with Crippen molar-refractivity contribution in [1.82, 2.24) is 0 Å². The predicted octanol–water partition coefficient (Wildman–Crippen LogP) is 4.59. The minimum absolute atomic E-state index is 0.162. The van der Waals surface area contributed by atoms with Crippen LogP contribution in [0.5, 0.6) is 17.2 Å². The lowest BCUT2D eigenvalue weighted by Gasteiger charge is -2.18. The third-order valence-electron chi connectivity index (χ3n) is 3.28. The summed E-state index contributed by atoms with van der Waals surface area (Å²) in [6, 6.07) is 9.43. The van der Waals surface area contributed by atoms with Crippen LogP contribution >= 0.6 is 31.9 Å². The van der Waals surface area contributed by atoms with Gasteiger partial charge in [0, 0.05) is 0 Å². The number of esters is 1. The van der Waals surface area contributed by atoms with Crippen molar-refractivity contribution in [3.63, 3.8) is 0 Å². The number of hydrogen-bond acceptors (Lipinski definition) is 5. The summed E-state index contributed by atoms with van der Waals surface area (Å²) in [7, 11) is 4.46. The van der Waals surface area contributed by atoms with E-state index < -0.39 is 5.97 Å². The van der Waals surface area contributed by atoms with E-state index in [4.69, 9.17) is 18.9 Å². The molecular weight excluding hydrogens is 444 g/mol. The summed E-state index contributed by atoms with van der Waals surface area (Å²) in [6.07, 6.45) is 0. The van der Waals surface area contributed by atoms with Crippen LogP contribution in [0, 0.1) is 0 Å². The topological polar surface area (TPSA) is 54.0 Å². The van der Waals surface area contributed by atoms with E-state index in [1.165, 1.54) is 21.3 Å². The van der Waals surface area contributed by atoms with Crippen LogP contribution in [-0.4, -0.2) is 27.3 Å². The van der Waals surface area contributed by atoms with Gasteiger partial charge in [0.2, 0.25) is 5.75 Å². The average Bonchev–Trinajstić information content (AvgIpc) is 2.60. The van der Waals surface area contributed by atoms with Crippen molar-refractivity contribution in [2.75, 3.05) is 21.3 Å². The number of methoxy groups -OCH3 is 3. The van der Waals surface area contributed by atoms with Gasteiger partial charge in [0.25, 0.3) is 0 Å². The monoisotopic (exact) mass is 458 g/mol. The summed E-state index contributed by atoms with van der Waals surface area (Å²) in [5, 5.41) is 0. The lowest BCUT2D eigenvalue weighted by Crippen LogP contribution is -2.10. The molecular formula is C17H16Br2O5. The maximum Gasteiger partial charge on any atom is 0.341 e. The van der Waals surface area contributed by atoms with E-state index in [0.29, 0.717) is 26.2 Å². The van der Waals surface area contributed by atoms with E-state index in [2.05, 4.69) is 31.9 Å². The lowest BCUT2D eigenvalue weighted by molar-refractivity contribution is 0.0469. The Morgan fingerprint density at radius 2 is 1.38 bits per heavy atom. The summed E-state index contributed by atoms with van der Waals surface area (Å²) in [5.41, 5.74) is 1.16. The molecule has 128 valence electrons. The molecule has 2 aromatic rings. The Labute approximate surface area is 157 Å². The Balaban J connectivity index is 2.40. The molecule has 0 N–H and O–H groups in total. The van der Waals surface area contributed by atoms with Crippen molar-refractivity contribution < 1.29 is 23.7 Å². The van der Waals surface area contributed by atoms with Crippen LogP contribution in [-0.2, 0) is 11.3 Å². The largest absolute Gasteiger partial charge is 0.492 e. The van der Waals surface area contributed by atoms with E-state index in [1.54, 1.807) is 0 Å². The fraction of sp³-hybridized carbons (Fsp3) is 0.235. The number of rotatable bonds is 6. The number of carbonyl (C=O) groups is 1. The summed E-state index contributed by atoms with van der Waals surface area (Å²) in [5.74, 6) is 0.559. The van der Waals surface area contributed by atoms with Gasteiger partial charge in [0.15, 0.2) is 11.5 Å². The van der Waals surface area contributed by atoms with Crippen molar-refractivity contribution >= 4 is 37.8 Å². The van der Waals surface area contributed by atoms with Gasteiger partial charge >= 0.3 is 5.97 Å². The molecule has 5 nitrogen and oxygen atoms in total. The maximum atomic E-state index is 12.6. The van der Waals surface area contributed by atoms with Crippen LogP contribution in [0.3, 0.4) is 0 Å². The molecule has 0 radical (unpaired) electrons. The highest BCUT2D eigenvalue weighted by atomic mass is 79.9. The van der Waals surface area contributed by atoms with E-state index in [0.717, 1.165) is 5.56 Å². The molecule has 0 unspecified atom stereocenters. The molecule has 0 aliphatic carbocycles. The molecule has 0 saturated carbocycles. The van der Waals surface area contributed by atoms with E-state index in [9.17, 15) is 4.79 Å². The van der Waals surface area contributed by atoms with E-state index in [-0.39, 0.29) is 12.2 Å².